The van der Waals surface area contributed by atoms with Crippen LogP contribution in [0.1, 0.15) is 40.8 Å². The van der Waals surface area contributed by atoms with E-state index in [0.717, 1.165) is 6.07 Å². The lowest BCUT2D eigenvalue weighted by Gasteiger charge is -2.34. The van der Waals surface area contributed by atoms with Crippen molar-refractivity contribution < 1.29 is 22.9 Å². The molecule has 32 heavy (non-hydrogen) atoms. The molecule has 0 bridgehead atoms. The van der Waals surface area contributed by atoms with Gasteiger partial charge in [-0.05, 0) is 31.0 Å². The number of nitrogens with zero attached hydrogens (tertiary/aromatic N) is 6. The van der Waals surface area contributed by atoms with Gasteiger partial charge in [-0.2, -0.15) is 18.3 Å². The molecule has 1 unspecified atom stereocenters. The molecule has 3 aromatic rings. The van der Waals surface area contributed by atoms with E-state index in [1.807, 2.05) is 0 Å². The van der Waals surface area contributed by atoms with Crippen LogP contribution in [-0.4, -0.2) is 43.1 Å². The minimum atomic E-state index is -4.53. The monoisotopic (exact) mass is 448 g/mol. The first-order valence-electron chi connectivity index (χ1n) is 9.83. The molecule has 2 aromatic heterocycles. The zero-order valence-corrected chi connectivity index (χ0v) is 17.0. The number of alkyl halides is 3. The number of hydrogen-bond donors (Lipinski definition) is 0. The molecule has 0 amide bonds. The summed E-state index contributed by atoms with van der Waals surface area (Å²) in [5, 5.41) is 15.4. The predicted octanol–water partition coefficient (Wildman–Crippen LogP) is 3.62. The van der Waals surface area contributed by atoms with Gasteiger partial charge in [-0.3, -0.25) is 19.6 Å². The lowest BCUT2D eigenvalue weighted by Crippen LogP contribution is -2.37. The second kappa shape index (κ2) is 8.09. The summed E-state index contributed by atoms with van der Waals surface area (Å²) in [4.78, 5) is 29.6. The summed E-state index contributed by atoms with van der Waals surface area (Å²) in [6, 6.07) is 4.76. The van der Waals surface area contributed by atoms with Crippen molar-refractivity contribution in [3.8, 4) is 0 Å². The summed E-state index contributed by atoms with van der Waals surface area (Å²) in [6.07, 6.45) is 1.02. The molecular formula is C20H19F3N6O3. The molecule has 0 aliphatic carbocycles. The van der Waals surface area contributed by atoms with Crippen molar-refractivity contribution in [3.63, 3.8) is 0 Å². The zero-order chi connectivity index (χ0) is 23.0. The second-order valence-electron chi connectivity index (χ2n) is 7.57. The smallest absolute Gasteiger partial charge is 0.364 e. The average Bonchev–Trinajstić information content (AvgIpc) is 3.42. The summed E-state index contributed by atoms with van der Waals surface area (Å²) in [5.41, 5.74) is -0.788. The first-order chi connectivity index (χ1) is 15.1. The summed E-state index contributed by atoms with van der Waals surface area (Å²) in [7, 11) is 1.65. The number of nitro groups is 1. The van der Waals surface area contributed by atoms with Crippen LogP contribution in [-0.2, 0) is 13.2 Å². The molecule has 9 nitrogen and oxygen atoms in total. The first kappa shape index (κ1) is 21.5. The van der Waals surface area contributed by atoms with E-state index in [1.54, 1.807) is 18.1 Å². The van der Waals surface area contributed by atoms with Crippen LogP contribution in [0.25, 0.3) is 0 Å². The number of piperidine rings is 1. The number of anilines is 1. The van der Waals surface area contributed by atoms with E-state index in [9.17, 15) is 28.1 Å². The van der Waals surface area contributed by atoms with Gasteiger partial charge in [-0.25, -0.2) is 4.98 Å². The summed E-state index contributed by atoms with van der Waals surface area (Å²) < 4.78 is 41.4. The molecule has 0 saturated carbocycles. The minimum Gasteiger partial charge on any atom is -0.364 e. The van der Waals surface area contributed by atoms with Crippen LogP contribution in [0.5, 0.6) is 0 Å². The highest BCUT2D eigenvalue weighted by atomic mass is 19.4. The van der Waals surface area contributed by atoms with E-state index in [0.29, 0.717) is 25.1 Å². The highest BCUT2D eigenvalue weighted by molar-refractivity contribution is 6.07. The lowest BCUT2D eigenvalue weighted by molar-refractivity contribution is -0.384. The van der Waals surface area contributed by atoms with Gasteiger partial charge < -0.3 is 9.47 Å². The number of ketones is 1. The van der Waals surface area contributed by atoms with Crippen molar-refractivity contribution in [1.29, 1.82) is 0 Å². The van der Waals surface area contributed by atoms with Gasteiger partial charge in [-0.15, -0.1) is 0 Å². The Kier molecular flexibility index (Phi) is 5.45. The Morgan fingerprint density at radius 3 is 2.66 bits per heavy atom. The first-order valence-corrected chi connectivity index (χ1v) is 9.83. The molecule has 4 rings (SSSR count). The summed E-state index contributed by atoms with van der Waals surface area (Å²) in [5.74, 6) is -0.288. The van der Waals surface area contributed by atoms with E-state index >= 15 is 0 Å². The van der Waals surface area contributed by atoms with E-state index in [-0.39, 0.29) is 29.7 Å². The summed E-state index contributed by atoms with van der Waals surface area (Å²) >= 11 is 0. The fraction of sp³-hybridized carbons (Fsp3) is 0.350. The fourth-order valence-corrected chi connectivity index (χ4v) is 3.87. The van der Waals surface area contributed by atoms with Crippen molar-refractivity contribution >= 4 is 17.2 Å². The Morgan fingerprint density at radius 2 is 2.03 bits per heavy atom. The van der Waals surface area contributed by atoms with Crippen molar-refractivity contribution in [2.75, 3.05) is 18.0 Å². The Bertz CT molecular complexity index is 1170. The Morgan fingerprint density at radius 1 is 1.25 bits per heavy atom. The molecule has 0 spiro atoms. The van der Waals surface area contributed by atoms with Crippen molar-refractivity contribution in [2.24, 2.45) is 7.05 Å². The van der Waals surface area contributed by atoms with Crippen LogP contribution in [0.4, 0.5) is 24.5 Å². The molecule has 0 N–H and O–H groups in total. The minimum absolute atomic E-state index is 0.130. The molecule has 1 atom stereocenters. The third kappa shape index (κ3) is 4.07. The SMILES string of the molecule is Cn1ccnc1C(=O)c1ccc(N2CCCC(n3ccc(C(F)(F)F)n3)C2)c([N+](=O)[O-])c1. The van der Waals surface area contributed by atoms with Gasteiger partial charge in [0.05, 0.1) is 11.0 Å². The van der Waals surface area contributed by atoms with Crippen LogP contribution < -0.4 is 4.90 Å². The van der Waals surface area contributed by atoms with Crippen molar-refractivity contribution in [1.82, 2.24) is 19.3 Å². The number of halogens is 3. The van der Waals surface area contributed by atoms with Gasteiger partial charge in [0.1, 0.15) is 5.69 Å². The number of aryl methyl sites for hydroxylation is 1. The molecular weight excluding hydrogens is 429 g/mol. The van der Waals surface area contributed by atoms with Gasteiger partial charge in [-0.1, -0.05) is 0 Å². The summed E-state index contributed by atoms with van der Waals surface area (Å²) in [6.45, 7) is 0.754. The number of rotatable bonds is 5. The fourth-order valence-electron chi connectivity index (χ4n) is 3.87. The third-order valence-electron chi connectivity index (χ3n) is 5.47. The number of benzene rings is 1. The van der Waals surface area contributed by atoms with Crippen LogP contribution in [0, 0.1) is 10.1 Å². The van der Waals surface area contributed by atoms with Crippen molar-refractivity contribution in [3.05, 3.63) is 70.1 Å². The van der Waals surface area contributed by atoms with Gasteiger partial charge in [0.2, 0.25) is 5.78 Å². The van der Waals surface area contributed by atoms with E-state index in [2.05, 4.69) is 10.1 Å². The lowest BCUT2D eigenvalue weighted by atomic mass is 10.0. The Labute approximate surface area is 180 Å². The Hall–Kier alpha value is -3.70. The molecule has 168 valence electrons. The molecule has 12 heteroatoms. The largest absolute Gasteiger partial charge is 0.435 e. The standard InChI is InChI=1S/C20H19F3N6O3/c1-26-10-7-24-19(26)18(30)13-4-5-15(16(11-13)29(31)32)27-8-2-3-14(12-27)28-9-6-17(25-28)20(21,22)23/h4-7,9-11,14H,2-3,8,12H2,1H3. The maximum Gasteiger partial charge on any atom is 0.435 e. The number of carbonyl (C=O) groups excluding carboxylic acids is 1. The molecule has 1 aliphatic heterocycles. The molecule has 3 heterocycles. The van der Waals surface area contributed by atoms with E-state index in [1.165, 1.54) is 39.8 Å². The number of hydrogen-bond acceptors (Lipinski definition) is 6. The van der Waals surface area contributed by atoms with Crippen molar-refractivity contribution in [2.45, 2.75) is 25.1 Å². The quantitative estimate of drug-likeness (QED) is 0.336. The maximum atomic E-state index is 12.9. The highest BCUT2D eigenvalue weighted by Crippen LogP contribution is 2.35. The second-order valence-corrected chi connectivity index (χ2v) is 7.57. The van der Waals surface area contributed by atoms with E-state index < -0.39 is 22.6 Å². The number of nitro benzene ring substituents is 1. The Balaban J connectivity index is 1.61. The number of aromatic nitrogens is 4. The van der Waals surface area contributed by atoms with Crippen LogP contribution in [0.15, 0.2) is 42.9 Å². The molecule has 1 saturated heterocycles. The molecule has 1 aliphatic rings. The molecule has 1 aromatic carbocycles. The van der Waals surface area contributed by atoms with Crippen LogP contribution in [0.3, 0.4) is 0 Å². The highest BCUT2D eigenvalue weighted by Gasteiger charge is 2.35. The third-order valence-corrected chi connectivity index (χ3v) is 5.47. The average molecular weight is 448 g/mol. The maximum absolute atomic E-state index is 12.9. The van der Waals surface area contributed by atoms with Gasteiger partial charge in [0.25, 0.3) is 5.69 Å². The molecule has 1 fully saturated rings. The van der Waals surface area contributed by atoms with Gasteiger partial charge in [0.15, 0.2) is 11.5 Å². The van der Waals surface area contributed by atoms with E-state index in [4.69, 9.17) is 0 Å². The molecule has 0 radical (unpaired) electrons. The van der Waals surface area contributed by atoms with Gasteiger partial charge >= 0.3 is 6.18 Å². The topological polar surface area (TPSA) is 99.1 Å². The van der Waals surface area contributed by atoms with Gasteiger partial charge in [0, 0.05) is 50.4 Å². The van der Waals surface area contributed by atoms with Crippen LogP contribution in [0.2, 0.25) is 0 Å². The zero-order valence-electron chi connectivity index (χ0n) is 17.0. The number of imidazole rings is 1. The number of carbonyl (C=O) groups is 1. The predicted molar refractivity (Wildman–Crippen MR) is 107 cm³/mol. The van der Waals surface area contributed by atoms with Crippen LogP contribution >= 0.6 is 0 Å². The normalized spacial score (nSPS) is 16.9.